The predicted octanol–water partition coefficient (Wildman–Crippen LogP) is 3.18. The Balaban J connectivity index is 1.43. The zero-order valence-corrected chi connectivity index (χ0v) is 18.6. The molecule has 2 aromatic carbocycles. The first-order chi connectivity index (χ1) is 15.3. The number of nitro benzene ring substituents is 1. The number of anilines is 1. The van der Waals surface area contributed by atoms with E-state index in [1.165, 1.54) is 39.7 Å². The van der Waals surface area contributed by atoms with Gasteiger partial charge in [0.15, 0.2) is 5.82 Å². The Morgan fingerprint density at radius 3 is 2.12 bits per heavy atom. The molecule has 166 valence electrons. The molecule has 0 aliphatic carbocycles. The summed E-state index contributed by atoms with van der Waals surface area (Å²) in [7, 11) is -3.71. The molecule has 0 saturated carbocycles. The molecule has 1 saturated heterocycles. The van der Waals surface area contributed by atoms with Crippen molar-refractivity contribution in [3.05, 3.63) is 75.8 Å². The van der Waals surface area contributed by atoms with Gasteiger partial charge in [0.25, 0.3) is 5.69 Å². The van der Waals surface area contributed by atoms with Gasteiger partial charge < -0.3 is 4.90 Å². The largest absolute Gasteiger partial charge is 0.352 e. The monoisotopic (exact) mass is 453 g/mol. The molecular formula is C22H23N5O4S. The maximum atomic E-state index is 12.9. The summed E-state index contributed by atoms with van der Waals surface area (Å²) in [6, 6.07) is 14.9. The SMILES string of the molecule is Cc1ccc(-c2ccc(N3CCN(S(=O)(=O)c4ccc([N+](=O)[O-])cc4)CC3)nn2)cc1C. The van der Waals surface area contributed by atoms with E-state index in [4.69, 9.17) is 0 Å². The lowest BCUT2D eigenvalue weighted by Gasteiger charge is -2.34. The van der Waals surface area contributed by atoms with Crippen molar-refractivity contribution in [2.75, 3.05) is 31.1 Å². The van der Waals surface area contributed by atoms with Crippen molar-refractivity contribution in [1.29, 1.82) is 0 Å². The van der Waals surface area contributed by atoms with Gasteiger partial charge in [0.2, 0.25) is 10.0 Å². The van der Waals surface area contributed by atoms with Gasteiger partial charge in [-0.15, -0.1) is 10.2 Å². The second-order valence-electron chi connectivity index (χ2n) is 7.72. The molecule has 1 fully saturated rings. The average molecular weight is 454 g/mol. The Labute approximate surface area is 186 Å². The first-order valence-electron chi connectivity index (χ1n) is 10.2. The standard InChI is InChI=1S/C22H23N5O4S/c1-16-3-4-18(15-17(16)2)21-9-10-22(24-23-21)25-11-13-26(14-12-25)32(30,31)20-7-5-19(6-8-20)27(28)29/h3-10,15H,11-14H2,1-2H3. The van der Waals surface area contributed by atoms with E-state index in [0.29, 0.717) is 32.0 Å². The molecule has 0 bridgehead atoms. The van der Waals surface area contributed by atoms with Crippen molar-refractivity contribution in [2.45, 2.75) is 18.7 Å². The number of aromatic nitrogens is 2. The molecule has 9 nitrogen and oxygen atoms in total. The topological polar surface area (TPSA) is 110 Å². The van der Waals surface area contributed by atoms with Crippen molar-refractivity contribution < 1.29 is 13.3 Å². The van der Waals surface area contributed by atoms with Crippen LogP contribution in [0.15, 0.2) is 59.5 Å². The van der Waals surface area contributed by atoms with Crippen LogP contribution in [-0.4, -0.2) is 54.0 Å². The number of non-ortho nitro benzene ring substituents is 1. The predicted molar refractivity (Wildman–Crippen MR) is 121 cm³/mol. The zero-order chi connectivity index (χ0) is 22.9. The van der Waals surface area contributed by atoms with Gasteiger partial charge in [-0.3, -0.25) is 10.1 Å². The highest BCUT2D eigenvalue weighted by Crippen LogP contribution is 2.24. The third-order valence-electron chi connectivity index (χ3n) is 5.70. The molecular weight excluding hydrogens is 430 g/mol. The van der Waals surface area contributed by atoms with E-state index in [9.17, 15) is 18.5 Å². The first kappa shape index (κ1) is 21.8. The summed E-state index contributed by atoms with van der Waals surface area (Å²) < 4.78 is 27.1. The third kappa shape index (κ3) is 4.32. The summed E-state index contributed by atoms with van der Waals surface area (Å²) in [5.74, 6) is 0.699. The molecule has 0 amide bonds. The first-order valence-corrected chi connectivity index (χ1v) is 11.6. The number of rotatable bonds is 5. The molecule has 0 atom stereocenters. The van der Waals surface area contributed by atoms with Gasteiger partial charge in [-0.25, -0.2) is 8.42 Å². The number of nitro groups is 1. The van der Waals surface area contributed by atoms with Gasteiger partial charge in [-0.2, -0.15) is 4.31 Å². The van der Waals surface area contributed by atoms with Crippen molar-refractivity contribution in [2.24, 2.45) is 0 Å². The molecule has 32 heavy (non-hydrogen) atoms. The lowest BCUT2D eigenvalue weighted by molar-refractivity contribution is -0.384. The van der Waals surface area contributed by atoms with Crippen LogP contribution in [0.25, 0.3) is 11.3 Å². The molecule has 1 aliphatic rings. The lowest BCUT2D eigenvalue weighted by atomic mass is 10.0. The molecule has 1 aliphatic heterocycles. The fourth-order valence-electron chi connectivity index (χ4n) is 3.60. The van der Waals surface area contributed by atoms with E-state index >= 15 is 0 Å². The quantitative estimate of drug-likeness (QED) is 0.431. The van der Waals surface area contributed by atoms with Crippen LogP contribution < -0.4 is 4.90 Å². The zero-order valence-electron chi connectivity index (χ0n) is 17.8. The Kier molecular flexibility index (Phi) is 5.90. The highest BCUT2D eigenvalue weighted by Gasteiger charge is 2.29. The molecule has 2 heterocycles. The lowest BCUT2D eigenvalue weighted by Crippen LogP contribution is -2.48. The van der Waals surface area contributed by atoms with Gasteiger partial charge in [0, 0.05) is 43.9 Å². The molecule has 0 N–H and O–H groups in total. The number of aryl methyl sites for hydroxylation is 2. The van der Waals surface area contributed by atoms with Crippen molar-refractivity contribution in [3.63, 3.8) is 0 Å². The molecule has 0 unspecified atom stereocenters. The second-order valence-corrected chi connectivity index (χ2v) is 9.66. The van der Waals surface area contributed by atoms with E-state index in [2.05, 4.69) is 36.2 Å². The highest BCUT2D eigenvalue weighted by atomic mass is 32.2. The molecule has 0 radical (unpaired) electrons. The van der Waals surface area contributed by atoms with Crippen LogP contribution in [0.1, 0.15) is 11.1 Å². The van der Waals surface area contributed by atoms with Gasteiger partial charge in [0.1, 0.15) is 0 Å². The summed E-state index contributed by atoms with van der Waals surface area (Å²) in [5, 5.41) is 19.5. The van der Waals surface area contributed by atoms with Crippen LogP contribution in [0.5, 0.6) is 0 Å². The summed E-state index contributed by atoms with van der Waals surface area (Å²) in [4.78, 5) is 12.3. The van der Waals surface area contributed by atoms with Gasteiger partial charge >= 0.3 is 0 Å². The van der Waals surface area contributed by atoms with E-state index < -0.39 is 14.9 Å². The Bertz CT molecular complexity index is 1240. The minimum absolute atomic E-state index is 0.0501. The third-order valence-corrected chi connectivity index (χ3v) is 7.61. The van der Waals surface area contributed by atoms with E-state index in [-0.39, 0.29) is 10.6 Å². The van der Waals surface area contributed by atoms with Crippen LogP contribution in [-0.2, 0) is 10.0 Å². The van der Waals surface area contributed by atoms with Crippen molar-refractivity contribution in [3.8, 4) is 11.3 Å². The van der Waals surface area contributed by atoms with Crippen LogP contribution in [0.2, 0.25) is 0 Å². The van der Waals surface area contributed by atoms with Crippen molar-refractivity contribution in [1.82, 2.24) is 14.5 Å². The number of benzene rings is 2. The van der Waals surface area contributed by atoms with Gasteiger partial charge in [-0.1, -0.05) is 12.1 Å². The maximum absolute atomic E-state index is 12.9. The smallest absolute Gasteiger partial charge is 0.269 e. The normalized spacial score (nSPS) is 15.0. The Morgan fingerprint density at radius 1 is 0.875 bits per heavy atom. The number of piperazine rings is 1. The number of nitrogens with zero attached hydrogens (tertiary/aromatic N) is 5. The van der Waals surface area contributed by atoms with Gasteiger partial charge in [0.05, 0.1) is 15.5 Å². The summed E-state index contributed by atoms with van der Waals surface area (Å²) in [6.45, 7) is 5.66. The summed E-state index contributed by atoms with van der Waals surface area (Å²) in [6.07, 6.45) is 0. The van der Waals surface area contributed by atoms with Crippen LogP contribution in [0, 0.1) is 24.0 Å². The molecule has 4 rings (SSSR count). The molecule has 3 aromatic rings. The fraction of sp³-hybridized carbons (Fsp3) is 0.273. The van der Waals surface area contributed by atoms with E-state index in [1.807, 2.05) is 23.1 Å². The maximum Gasteiger partial charge on any atom is 0.269 e. The number of hydrogen-bond acceptors (Lipinski definition) is 7. The minimum Gasteiger partial charge on any atom is -0.352 e. The minimum atomic E-state index is -3.71. The molecule has 1 aromatic heterocycles. The summed E-state index contributed by atoms with van der Waals surface area (Å²) in [5.41, 5.74) is 4.07. The average Bonchev–Trinajstić information content (AvgIpc) is 2.81. The van der Waals surface area contributed by atoms with Crippen LogP contribution in [0.4, 0.5) is 11.5 Å². The Morgan fingerprint density at radius 2 is 1.56 bits per heavy atom. The van der Waals surface area contributed by atoms with Crippen LogP contribution in [0.3, 0.4) is 0 Å². The molecule has 0 spiro atoms. The van der Waals surface area contributed by atoms with Crippen molar-refractivity contribution >= 4 is 21.5 Å². The number of hydrogen-bond donors (Lipinski definition) is 0. The molecule has 10 heteroatoms. The summed E-state index contributed by atoms with van der Waals surface area (Å²) >= 11 is 0. The van der Waals surface area contributed by atoms with E-state index in [0.717, 1.165) is 11.3 Å². The van der Waals surface area contributed by atoms with E-state index in [1.54, 1.807) is 0 Å². The highest BCUT2D eigenvalue weighted by molar-refractivity contribution is 7.89. The Hall–Kier alpha value is -3.37. The fourth-order valence-corrected chi connectivity index (χ4v) is 5.02. The second kappa shape index (κ2) is 8.64. The van der Waals surface area contributed by atoms with Crippen LogP contribution >= 0.6 is 0 Å². The number of sulfonamides is 1. The van der Waals surface area contributed by atoms with Gasteiger partial charge in [-0.05, 0) is 55.3 Å².